The van der Waals surface area contributed by atoms with Crippen molar-refractivity contribution >= 4 is 39.1 Å². The maximum atomic E-state index is 13.3. The van der Waals surface area contributed by atoms with Gasteiger partial charge in [0.15, 0.2) is 0 Å². The van der Waals surface area contributed by atoms with E-state index in [-0.39, 0.29) is 19.6 Å². The Morgan fingerprint density at radius 3 is 2.40 bits per heavy atom. The van der Waals surface area contributed by atoms with Crippen LogP contribution >= 0.6 is 11.6 Å². The van der Waals surface area contributed by atoms with Crippen molar-refractivity contribution in [3.05, 3.63) is 64.7 Å². The minimum absolute atomic E-state index is 0.141. The zero-order chi connectivity index (χ0) is 22.1. The van der Waals surface area contributed by atoms with E-state index in [0.29, 0.717) is 10.7 Å². The van der Waals surface area contributed by atoms with Gasteiger partial charge >= 0.3 is 0 Å². The molecule has 1 aliphatic heterocycles. The molecule has 160 valence electrons. The number of para-hydroxylation sites is 1. The average molecular weight is 450 g/mol. The topological polar surface area (TPSA) is 86.8 Å². The zero-order valence-corrected chi connectivity index (χ0v) is 18.6. The Labute approximate surface area is 181 Å². The van der Waals surface area contributed by atoms with Crippen molar-refractivity contribution in [1.82, 2.24) is 9.62 Å². The molecule has 2 aromatic rings. The van der Waals surface area contributed by atoms with Gasteiger partial charge in [-0.1, -0.05) is 41.9 Å². The second-order valence-corrected chi connectivity index (χ2v) is 10.0. The number of benzene rings is 2. The number of rotatable bonds is 5. The second-order valence-electron chi connectivity index (χ2n) is 7.63. The van der Waals surface area contributed by atoms with Gasteiger partial charge in [-0.15, -0.1) is 0 Å². The summed E-state index contributed by atoms with van der Waals surface area (Å²) in [5, 5.41) is 3.43. The van der Waals surface area contributed by atoms with Crippen molar-refractivity contribution in [2.75, 3.05) is 24.2 Å². The Hall–Kier alpha value is -2.42. The fourth-order valence-corrected chi connectivity index (χ4v) is 4.52. The van der Waals surface area contributed by atoms with Crippen LogP contribution in [0.4, 0.5) is 5.69 Å². The first kappa shape index (κ1) is 22.3. The normalized spacial score (nSPS) is 20.3. The predicted molar refractivity (Wildman–Crippen MR) is 117 cm³/mol. The number of carbonyl (C=O) groups excluding carboxylic acids is 2. The molecule has 0 spiro atoms. The Morgan fingerprint density at radius 1 is 1.17 bits per heavy atom. The minimum atomic E-state index is -3.66. The van der Waals surface area contributed by atoms with Crippen molar-refractivity contribution in [3.8, 4) is 0 Å². The number of aryl methyl sites for hydroxylation is 1. The Balaban J connectivity index is 1.96. The van der Waals surface area contributed by atoms with Crippen LogP contribution < -0.4 is 10.2 Å². The molecule has 1 heterocycles. The van der Waals surface area contributed by atoms with Gasteiger partial charge in [0, 0.05) is 23.8 Å². The molecule has 3 rings (SSSR count). The first-order valence-electron chi connectivity index (χ1n) is 9.39. The van der Waals surface area contributed by atoms with E-state index in [1.807, 2.05) is 19.1 Å². The van der Waals surface area contributed by atoms with E-state index in [4.69, 9.17) is 11.6 Å². The number of anilines is 1. The summed E-state index contributed by atoms with van der Waals surface area (Å²) < 4.78 is 25.4. The Morgan fingerprint density at radius 2 is 1.80 bits per heavy atom. The van der Waals surface area contributed by atoms with Crippen LogP contribution in [0.1, 0.15) is 18.1 Å². The molecule has 1 fully saturated rings. The largest absolute Gasteiger partial charge is 0.350 e. The fourth-order valence-electron chi connectivity index (χ4n) is 3.56. The summed E-state index contributed by atoms with van der Waals surface area (Å²) in [6.07, 6.45) is 1.04. The van der Waals surface area contributed by atoms with E-state index in [2.05, 4.69) is 5.32 Å². The van der Waals surface area contributed by atoms with Crippen molar-refractivity contribution in [3.63, 3.8) is 0 Å². The average Bonchev–Trinajstić information content (AvgIpc) is 2.67. The van der Waals surface area contributed by atoms with Crippen molar-refractivity contribution in [2.45, 2.75) is 25.9 Å². The van der Waals surface area contributed by atoms with Crippen molar-refractivity contribution in [1.29, 1.82) is 0 Å². The van der Waals surface area contributed by atoms with Gasteiger partial charge in [0.05, 0.1) is 12.8 Å². The molecule has 1 aliphatic rings. The van der Waals surface area contributed by atoms with Gasteiger partial charge in [0.1, 0.15) is 5.54 Å². The van der Waals surface area contributed by atoms with Crippen molar-refractivity contribution in [2.24, 2.45) is 0 Å². The van der Waals surface area contributed by atoms with Crippen LogP contribution in [-0.2, 0) is 26.2 Å². The molecule has 2 aromatic carbocycles. The maximum absolute atomic E-state index is 13.3. The number of carbonyl (C=O) groups is 2. The molecule has 0 saturated carbocycles. The molecule has 0 aromatic heterocycles. The monoisotopic (exact) mass is 449 g/mol. The van der Waals surface area contributed by atoms with Gasteiger partial charge < -0.3 is 5.32 Å². The third-order valence-electron chi connectivity index (χ3n) is 5.22. The highest BCUT2D eigenvalue weighted by atomic mass is 35.5. The highest BCUT2D eigenvalue weighted by molar-refractivity contribution is 7.88. The summed E-state index contributed by atoms with van der Waals surface area (Å²) in [4.78, 5) is 27.8. The molecule has 1 N–H and O–H groups in total. The molecule has 9 heteroatoms. The number of amides is 2. The van der Waals surface area contributed by atoms with Crippen LogP contribution in [0.15, 0.2) is 48.5 Å². The number of sulfonamides is 1. The summed E-state index contributed by atoms with van der Waals surface area (Å²) in [6.45, 7) is 3.20. The van der Waals surface area contributed by atoms with E-state index in [1.54, 1.807) is 43.3 Å². The van der Waals surface area contributed by atoms with Crippen LogP contribution in [0.5, 0.6) is 0 Å². The van der Waals surface area contributed by atoms with Gasteiger partial charge in [-0.3, -0.25) is 14.5 Å². The first-order valence-corrected chi connectivity index (χ1v) is 11.6. The number of halogens is 1. The number of hydrogen-bond donors (Lipinski definition) is 1. The van der Waals surface area contributed by atoms with Crippen LogP contribution in [0.3, 0.4) is 0 Å². The lowest BCUT2D eigenvalue weighted by molar-refractivity contribution is -0.133. The Kier molecular flexibility index (Phi) is 6.21. The van der Waals surface area contributed by atoms with E-state index < -0.39 is 27.4 Å². The molecule has 1 unspecified atom stereocenters. The molecule has 30 heavy (non-hydrogen) atoms. The van der Waals surface area contributed by atoms with Gasteiger partial charge in [0.2, 0.25) is 21.8 Å². The van der Waals surface area contributed by atoms with E-state index in [0.717, 1.165) is 21.7 Å². The molecule has 0 bridgehead atoms. The lowest BCUT2D eigenvalue weighted by atomic mass is 9.93. The van der Waals surface area contributed by atoms with Gasteiger partial charge in [0.25, 0.3) is 0 Å². The van der Waals surface area contributed by atoms with Gasteiger partial charge in [-0.2, -0.15) is 4.31 Å². The van der Waals surface area contributed by atoms with Gasteiger partial charge in [-0.05, 0) is 43.2 Å². The Bertz CT molecular complexity index is 1070. The number of piperazine rings is 1. The molecular weight excluding hydrogens is 426 g/mol. The zero-order valence-electron chi connectivity index (χ0n) is 17.1. The van der Waals surface area contributed by atoms with Crippen LogP contribution in [0.25, 0.3) is 0 Å². The third-order valence-corrected chi connectivity index (χ3v) is 6.67. The minimum Gasteiger partial charge on any atom is -0.350 e. The van der Waals surface area contributed by atoms with Crippen molar-refractivity contribution < 1.29 is 18.0 Å². The standard InChI is InChI=1S/C21H24ClN3O4S/c1-15-6-4-5-7-18(15)25-19(26)13-24(30(3,28)29)14-21(25,2)20(27)23-12-16-8-10-17(22)11-9-16/h4-11H,12-14H2,1-3H3,(H,23,27). The summed E-state index contributed by atoms with van der Waals surface area (Å²) in [5.74, 6) is -0.896. The van der Waals surface area contributed by atoms with Crippen LogP contribution in [-0.4, -0.2) is 49.4 Å². The maximum Gasteiger partial charge on any atom is 0.247 e. The first-order chi connectivity index (χ1) is 14.0. The SMILES string of the molecule is Cc1ccccc1N1C(=O)CN(S(C)(=O)=O)CC1(C)C(=O)NCc1ccc(Cl)cc1. The molecule has 1 saturated heterocycles. The number of nitrogens with one attached hydrogen (secondary N) is 1. The lowest BCUT2D eigenvalue weighted by Gasteiger charge is -2.46. The van der Waals surface area contributed by atoms with E-state index in [9.17, 15) is 18.0 Å². The molecule has 7 nitrogen and oxygen atoms in total. The van der Waals surface area contributed by atoms with E-state index in [1.165, 1.54) is 4.90 Å². The lowest BCUT2D eigenvalue weighted by Crippen LogP contribution is -2.70. The predicted octanol–water partition coefficient (Wildman–Crippen LogP) is 2.33. The highest BCUT2D eigenvalue weighted by Crippen LogP contribution is 2.32. The number of nitrogens with zero attached hydrogens (tertiary/aromatic N) is 2. The number of hydrogen-bond acceptors (Lipinski definition) is 4. The summed E-state index contributed by atoms with van der Waals surface area (Å²) in [6, 6.07) is 14.3. The molecule has 0 aliphatic carbocycles. The third kappa shape index (κ3) is 4.50. The van der Waals surface area contributed by atoms with Crippen LogP contribution in [0, 0.1) is 6.92 Å². The second kappa shape index (κ2) is 8.37. The highest BCUT2D eigenvalue weighted by Gasteiger charge is 2.50. The van der Waals surface area contributed by atoms with Crippen LogP contribution in [0.2, 0.25) is 5.02 Å². The smallest absolute Gasteiger partial charge is 0.247 e. The summed E-state index contributed by atoms with van der Waals surface area (Å²) >= 11 is 5.90. The van der Waals surface area contributed by atoms with Gasteiger partial charge in [-0.25, -0.2) is 8.42 Å². The molecule has 2 amide bonds. The fraction of sp³-hybridized carbons (Fsp3) is 0.333. The summed E-state index contributed by atoms with van der Waals surface area (Å²) in [7, 11) is -3.66. The van der Waals surface area contributed by atoms with E-state index >= 15 is 0 Å². The molecule has 0 radical (unpaired) electrons. The quantitative estimate of drug-likeness (QED) is 0.759. The molecule has 1 atom stereocenters. The summed E-state index contributed by atoms with van der Waals surface area (Å²) in [5.41, 5.74) is 0.813. The molecular formula is C21H24ClN3O4S.